The number of halogens is 1. The standard InChI is InChI=1S/C13H16FNO4S/c1-8-5-9(6-10(11(8)14)12(16)17)20(18,19)15-7-13(2)3-4-13/h5-6,15H,3-4,7H2,1-2H3,(H,16,17). The molecule has 20 heavy (non-hydrogen) atoms. The van der Waals surface area contributed by atoms with E-state index in [0.717, 1.165) is 25.0 Å². The number of aryl methyl sites for hydroxylation is 1. The average Bonchev–Trinajstić information content (AvgIpc) is 3.08. The quantitative estimate of drug-likeness (QED) is 0.870. The molecule has 110 valence electrons. The van der Waals surface area contributed by atoms with E-state index >= 15 is 0 Å². The second-order valence-corrected chi connectivity index (χ2v) is 7.31. The summed E-state index contributed by atoms with van der Waals surface area (Å²) in [5.41, 5.74) is -0.663. The molecule has 0 atom stereocenters. The summed E-state index contributed by atoms with van der Waals surface area (Å²) in [4.78, 5) is 10.7. The van der Waals surface area contributed by atoms with Crippen molar-refractivity contribution in [1.29, 1.82) is 0 Å². The van der Waals surface area contributed by atoms with E-state index in [1.807, 2.05) is 6.92 Å². The number of sulfonamides is 1. The lowest BCUT2D eigenvalue weighted by Crippen LogP contribution is -2.29. The molecule has 7 heteroatoms. The van der Waals surface area contributed by atoms with Gasteiger partial charge in [-0.15, -0.1) is 0 Å². The summed E-state index contributed by atoms with van der Waals surface area (Å²) in [5, 5.41) is 8.89. The maximum absolute atomic E-state index is 13.6. The molecule has 0 aromatic heterocycles. The zero-order valence-electron chi connectivity index (χ0n) is 11.2. The zero-order chi connectivity index (χ0) is 15.1. The zero-order valence-corrected chi connectivity index (χ0v) is 12.1. The first-order valence-electron chi connectivity index (χ1n) is 6.18. The normalized spacial score (nSPS) is 16.9. The van der Waals surface area contributed by atoms with Crippen molar-refractivity contribution < 1.29 is 22.7 Å². The Balaban J connectivity index is 2.33. The molecule has 1 aliphatic carbocycles. The van der Waals surface area contributed by atoms with Crippen molar-refractivity contribution in [2.75, 3.05) is 6.54 Å². The average molecular weight is 301 g/mol. The van der Waals surface area contributed by atoms with Gasteiger partial charge in [-0.1, -0.05) is 6.92 Å². The van der Waals surface area contributed by atoms with Gasteiger partial charge in [-0.05, 0) is 42.9 Å². The minimum atomic E-state index is -3.83. The highest BCUT2D eigenvalue weighted by Gasteiger charge is 2.38. The molecule has 1 saturated carbocycles. The van der Waals surface area contributed by atoms with Crippen LogP contribution in [0.5, 0.6) is 0 Å². The predicted octanol–water partition coefficient (Wildman–Crippen LogP) is 1.91. The molecule has 2 rings (SSSR count). The van der Waals surface area contributed by atoms with Crippen molar-refractivity contribution in [2.24, 2.45) is 5.41 Å². The number of aromatic carboxylic acids is 1. The molecule has 2 N–H and O–H groups in total. The van der Waals surface area contributed by atoms with Gasteiger partial charge in [-0.25, -0.2) is 22.3 Å². The van der Waals surface area contributed by atoms with Crippen molar-refractivity contribution in [3.05, 3.63) is 29.1 Å². The number of carboxylic acid groups (broad SMARTS) is 1. The van der Waals surface area contributed by atoms with Gasteiger partial charge in [0.05, 0.1) is 10.5 Å². The second-order valence-electron chi connectivity index (χ2n) is 5.54. The van der Waals surface area contributed by atoms with E-state index in [9.17, 15) is 17.6 Å². The van der Waals surface area contributed by atoms with E-state index in [2.05, 4.69) is 4.72 Å². The van der Waals surface area contributed by atoms with Gasteiger partial charge in [-0.3, -0.25) is 0 Å². The van der Waals surface area contributed by atoms with E-state index in [1.54, 1.807) is 0 Å². The molecule has 0 radical (unpaired) electrons. The van der Waals surface area contributed by atoms with Crippen molar-refractivity contribution in [3.8, 4) is 0 Å². The highest BCUT2D eigenvalue weighted by atomic mass is 32.2. The Morgan fingerprint density at radius 3 is 2.55 bits per heavy atom. The number of carboxylic acids is 1. The van der Waals surface area contributed by atoms with Gasteiger partial charge in [0.25, 0.3) is 0 Å². The SMILES string of the molecule is Cc1cc(S(=O)(=O)NCC2(C)CC2)cc(C(=O)O)c1F. The Morgan fingerprint density at radius 2 is 2.05 bits per heavy atom. The van der Waals surface area contributed by atoms with E-state index < -0.39 is 27.4 Å². The van der Waals surface area contributed by atoms with Crippen LogP contribution in [0.15, 0.2) is 17.0 Å². The fraction of sp³-hybridized carbons (Fsp3) is 0.462. The van der Waals surface area contributed by atoms with Crippen LogP contribution in [0, 0.1) is 18.2 Å². The van der Waals surface area contributed by atoms with E-state index in [0.29, 0.717) is 6.54 Å². The third kappa shape index (κ3) is 2.99. The fourth-order valence-electron chi connectivity index (χ4n) is 1.79. The molecule has 0 saturated heterocycles. The highest BCUT2D eigenvalue weighted by Crippen LogP contribution is 2.44. The first kappa shape index (κ1) is 14.9. The summed E-state index contributed by atoms with van der Waals surface area (Å²) in [6.07, 6.45) is 1.91. The van der Waals surface area contributed by atoms with Crippen molar-refractivity contribution in [2.45, 2.75) is 31.6 Å². The number of hydrogen-bond acceptors (Lipinski definition) is 3. The van der Waals surface area contributed by atoms with Crippen LogP contribution in [0.3, 0.4) is 0 Å². The van der Waals surface area contributed by atoms with Gasteiger partial charge >= 0.3 is 5.97 Å². The Bertz CT molecular complexity index is 665. The van der Waals surface area contributed by atoms with Crippen molar-refractivity contribution in [1.82, 2.24) is 4.72 Å². The number of carbonyl (C=O) groups is 1. The van der Waals surface area contributed by atoms with Crippen LogP contribution < -0.4 is 4.72 Å². The lowest BCUT2D eigenvalue weighted by molar-refractivity contribution is 0.0691. The lowest BCUT2D eigenvalue weighted by atomic mass is 10.1. The molecule has 1 aromatic rings. The van der Waals surface area contributed by atoms with Crippen LogP contribution in [-0.2, 0) is 10.0 Å². The number of rotatable bonds is 5. The van der Waals surface area contributed by atoms with Crippen molar-refractivity contribution in [3.63, 3.8) is 0 Å². The molecule has 0 bridgehead atoms. The van der Waals surface area contributed by atoms with Gasteiger partial charge in [0.1, 0.15) is 5.82 Å². The summed E-state index contributed by atoms with van der Waals surface area (Å²) < 4.78 is 40.3. The molecule has 0 heterocycles. The molecule has 0 unspecified atom stereocenters. The van der Waals surface area contributed by atoms with E-state index in [-0.39, 0.29) is 15.9 Å². The van der Waals surface area contributed by atoms with Gasteiger partial charge in [0.15, 0.2) is 0 Å². The van der Waals surface area contributed by atoms with Gasteiger partial charge < -0.3 is 5.11 Å². The third-order valence-corrected chi connectivity index (χ3v) is 4.94. The van der Waals surface area contributed by atoms with Gasteiger partial charge in [-0.2, -0.15) is 0 Å². The molecule has 0 aliphatic heterocycles. The minimum Gasteiger partial charge on any atom is -0.478 e. The van der Waals surface area contributed by atoms with Crippen LogP contribution in [0.25, 0.3) is 0 Å². The topological polar surface area (TPSA) is 83.5 Å². The van der Waals surface area contributed by atoms with E-state index in [4.69, 9.17) is 5.11 Å². The molecule has 1 aliphatic rings. The third-order valence-electron chi connectivity index (χ3n) is 3.56. The maximum Gasteiger partial charge on any atom is 0.338 e. The molecular weight excluding hydrogens is 285 g/mol. The smallest absolute Gasteiger partial charge is 0.338 e. The largest absolute Gasteiger partial charge is 0.478 e. The highest BCUT2D eigenvalue weighted by molar-refractivity contribution is 7.89. The minimum absolute atomic E-state index is 0.0112. The Hall–Kier alpha value is -1.47. The fourth-order valence-corrected chi connectivity index (χ4v) is 3.10. The summed E-state index contributed by atoms with van der Waals surface area (Å²) in [7, 11) is -3.83. The Labute approximate surface area is 116 Å². The molecule has 5 nitrogen and oxygen atoms in total. The van der Waals surface area contributed by atoms with Crippen LogP contribution in [0.4, 0.5) is 4.39 Å². The number of hydrogen-bond donors (Lipinski definition) is 2. The molecule has 0 amide bonds. The van der Waals surface area contributed by atoms with Crippen LogP contribution in [0.2, 0.25) is 0 Å². The number of nitrogens with one attached hydrogen (secondary N) is 1. The van der Waals surface area contributed by atoms with Gasteiger partial charge in [0.2, 0.25) is 10.0 Å². The first-order chi connectivity index (χ1) is 9.15. The van der Waals surface area contributed by atoms with Crippen LogP contribution >= 0.6 is 0 Å². The monoisotopic (exact) mass is 301 g/mol. The van der Waals surface area contributed by atoms with E-state index in [1.165, 1.54) is 6.92 Å². The second kappa shape index (κ2) is 4.82. The predicted molar refractivity (Wildman–Crippen MR) is 70.6 cm³/mol. The van der Waals surface area contributed by atoms with Crippen LogP contribution in [-0.4, -0.2) is 26.0 Å². The molecule has 0 spiro atoms. The summed E-state index contributed by atoms with van der Waals surface area (Å²) in [6, 6.07) is 1.99. The summed E-state index contributed by atoms with van der Waals surface area (Å²) in [6.45, 7) is 3.60. The maximum atomic E-state index is 13.6. The first-order valence-corrected chi connectivity index (χ1v) is 7.66. The number of benzene rings is 1. The molecule has 1 aromatic carbocycles. The van der Waals surface area contributed by atoms with Crippen LogP contribution in [0.1, 0.15) is 35.7 Å². The molecule has 1 fully saturated rings. The Morgan fingerprint density at radius 1 is 1.45 bits per heavy atom. The Kier molecular flexibility index (Phi) is 3.60. The lowest BCUT2D eigenvalue weighted by Gasteiger charge is -2.12. The molecular formula is C13H16FNO4S. The summed E-state index contributed by atoms with van der Waals surface area (Å²) in [5.74, 6) is -2.40. The van der Waals surface area contributed by atoms with Gasteiger partial charge in [0, 0.05) is 6.54 Å². The summed E-state index contributed by atoms with van der Waals surface area (Å²) >= 11 is 0. The van der Waals surface area contributed by atoms with Crippen molar-refractivity contribution >= 4 is 16.0 Å².